The second-order valence-corrected chi connectivity index (χ2v) is 11.0. The van der Waals surface area contributed by atoms with Crippen LogP contribution in [-0.4, -0.2) is 62.7 Å². The second kappa shape index (κ2) is 12.6. The van der Waals surface area contributed by atoms with Gasteiger partial charge in [-0.15, -0.1) is 20.4 Å². The molecule has 37 heavy (non-hydrogen) atoms. The molecule has 15 heteroatoms. The predicted octanol–water partition coefficient (Wildman–Crippen LogP) is 5.05. The van der Waals surface area contributed by atoms with Gasteiger partial charge in [-0.3, -0.25) is 4.72 Å². The van der Waals surface area contributed by atoms with Gasteiger partial charge in [-0.25, -0.2) is 13.2 Å². The van der Waals surface area contributed by atoms with Crippen molar-refractivity contribution in [2.75, 3.05) is 29.9 Å². The quantitative estimate of drug-likeness (QED) is 0.216. The number of methoxy groups -OCH3 is 1. The van der Waals surface area contributed by atoms with Crippen LogP contribution in [0.15, 0.2) is 22.4 Å². The van der Waals surface area contributed by atoms with Crippen LogP contribution >= 0.6 is 11.3 Å². The van der Waals surface area contributed by atoms with Crippen molar-refractivity contribution in [3.05, 3.63) is 22.7 Å². The van der Waals surface area contributed by atoms with Gasteiger partial charge < -0.3 is 14.4 Å². The number of esters is 1. The topological polar surface area (TPSA) is 135 Å². The van der Waals surface area contributed by atoms with Crippen molar-refractivity contribution in [3.8, 4) is 0 Å². The second-order valence-electron chi connectivity index (χ2n) is 8.39. The number of hydrogen-bond acceptors (Lipinski definition) is 11. The van der Waals surface area contributed by atoms with Crippen molar-refractivity contribution < 1.29 is 31.5 Å². The van der Waals surface area contributed by atoms with E-state index in [0.29, 0.717) is 6.42 Å². The Morgan fingerprint density at radius 2 is 2.03 bits per heavy atom. The average molecular weight is 561 g/mol. The molecule has 0 aliphatic carbocycles. The largest absolute Gasteiger partial charge is 0.458 e. The summed E-state index contributed by atoms with van der Waals surface area (Å²) in [7, 11) is -3.49. The number of sulfonamides is 1. The highest BCUT2D eigenvalue weighted by Gasteiger charge is 2.31. The third-order valence-electron chi connectivity index (χ3n) is 5.99. The van der Waals surface area contributed by atoms with E-state index < -0.39 is 21.8 Å². The Labute approximate surface area is 218 Å². The zero-order valence-electron chi connectivity index (χ0n) is 21.0. The van der Waals surface area contributed by atoms with Gasteiger partial charge in [0, 0.05) is 24.9 Å². The first kappa shape index (κ1) is 28.8. The van der Waals surface area contributed by atoms with Gasteiger partial charge in [0.1, 0.15) is 12.3 Å². The van der Waals surface area contributed by atoms with Crippen molar-refractivity contribution in [1.29, 1.82) is 0 Å². The number of hydrogen-bond donors (Lipinski definition) is 1. The number of fused-ring (bicyclic) bond motifs is 1. The molecule has 1 N–H and O–H groups in total. The maximum atomic E-state index is 13.2. The van der Waals surface area contributed by atoms with E-state index in [1.165, 1.54) is 13.2 Å². The first-order valence-corrected chi connectivity index (χ1v) is 14.1. The Balaban J connectivity index is 1.98. The van der Waals surface area contributed by atoms with Crippen LogP contribution in [-0.2, 0) is 25.9 Å². The Morgan fingerprint density at radius 1 is 1.27 bits per heavy atom. The Hall–Kier alpha value is -2.78. The molecule has 0 bridgehead atoms. The maximum absolute atomic E-state index is 13.2. The third-order valence-corrected chi connectivity index (χ3v) is 7.75. The minimum Gasteiger partial charge on any atom is -0.458 e. The van der Waals surface area contributed by atoms with E-state index in [4.69, 9.17) is 9.47 Å². The lowest BCUT2D eigenvalue weighted by molar-refractivity contribution is 0.0387. The number of halogens is 2. The highest BCUT2D eigenvalue weighted by molar-refractivity contribution is 7.93. The SMILES string of the molecule is CCC(C)N1c2cc(NS(=O)(=O)C(F)F)c(N=Nc3nnc(C(=O)OCCOC)s3)cc2CCC1CC. The van der Waals surface area contributed by atoms with Gasteiger partial charge in [-0.05, 0) is 50.3 Å². The van der Waals surface area contributed by atoms with Crippen LogP contribution < -0.4 is 9.62 Å². The van der Waals surface area contributed by atoms with Gasteiger partial charge in [-0.2, -0.15) is 8.78 Å². The number of alkyl halides is 2. The lowest BCUT2D eigenvalue weighted by atomic mass is 9.91. The van der Waals surface area contributed by atoms with Gasteiger partial charge in [0.2, 0.25) is 5.01 Å². The molecular weight excluding hydrogens is 530 g/mol. The number of aromatic nitrogens is 2. The van der Waals surface area contributed by atoms with E-state index in [-0.39, 0.29) is 46.8 Å². The molecule has 0 spiro atoms. The molecule has 0 fully saturated rings. The fraction of sp³-hybridized carbons (Fsp3) is 0.591. The molecule has 1 aromatic carbocycles. The average Bonchev–Trinajstić information content (AvgIpc) is 3.35. The van der Waals surface area contributed by atoms with Gasteiger partial charge in [-0.1, -0.05) is 25.2 Å². The Bertz CT molecular complexity index is 1220. The molecule has 2 heterocycles. The summed E-state index contributed by atoms with van der Waals surface area (Å²) in [6.45, 7) is 6.47. The van der Waals surface area contributed by atoms with Crippen LogP contribution in [0.5, 0.6) is 0 Å². The number of carbonyl (C=O) groups is 1. The standard InChI is InChI=1S/C22H30F2N6O5S2/c1-5-13(3)30-15(6-2)8-7-14-11-16(17(12-18(14)30)29-37(32,33)21(23)24)25-27-22-28-26-19(36-22)20(31)35-10-9-34-4/h11-13,15,21,29H,5-10H2,1-4H3. The zero-order valence-corrected chi connectivity index (χ0v) is 22.6. The zero-order chi connectivity index (χ0) is 27.2. The van der Waals surface area contributed by atoms with Crippen molar-refractivity contribution in [2.24, 2.45) is 10.2 Å². The number of anilines is 2. The van der Waals surface area contributed by atoms with E-state index >= 15 is 0 Å². The minimum absolute atomic E-state index is 0.00589. The van der Waals surface area contributed by atoms with Crippen LogP contribution in [0.4, 0.5) is 31.0 Å². The maximum Gasteiger partial charge on any atom is 0.369 e. The van der Waals surface area contributed by atoms with E-state index in [0.717, 1.165) is 41.9 Å². The fourth-order valence-corrected chi connectivity index (χ4v) is 5.11. The summed E-state index contributed by atoms with van der Waals surface area (Å²) in [6, 6.07) is 3.57. The number of rotatable bonds is 12. The van der Waals surface area contributed by atoms with Crippen molar-refractivity contribution in [2.45, 2.75) is 64.3 Å². The van der Waals surface area contributed by atoms with Crippen LogP contribution in [0, 0.1) is 0 Å². The molecule has 1 aromatic heterocycles. The molecule has 2 atom stereocenters. The monoisotopic (exact) mass is 560 g/mol. The van der Waals surface area contributed by atoms with Gasteiger partial charge >= 0.3 is 11.7 Å². The Kier molecular flexibility index (Phi) is 9.84. The number of benzene rings is 1. The van der Waals surface area contributed by atoms with E-state index in [1.54, 1.807) is 6.07 Å². The van der Waals surface area contributed by atoms with Crippen molar-refractivity contribution in [3.63, 3.8) is 0 Å². The van der Waals surface area contributed by atoms with Crippen LogP contribution in [0.25, 0.3) is 0 Å². The van der Waals surface area contributed by atoms with Gasteiger partial charge in [0.15, 0.2) is 0 Å². The fourth-order valence-electron chi connectivity index (χ4n) is 3.99. The first-order valence-electron chi connectivity index (χ1n) is 11.8. The Morgan fingerprint density at radius 3 is 2.68 bits per heavy atom. The molecule has 2 aromatic rings. The third kappa shape index (κ3) is 6.96. The van der Waals surface area contributed by atoms with Crippen molar-refractivity contribution >= 4 is 49.5 Å². The van der Waals surface area contributed by atoms with Crippen LogP contribution in [0.2, 0.25) is 0 Å². The number of nitrogens with zero attached hydrogens (tertiary/aromatic N) is 5. The molecule has 2 unspecified atom stereocenters. The predicted molar refractivity (Wildman–Crippen MR) is 136 cm³/mol. The van der Waals surface area contributed by atoms with Gasteiger partial charge in [0.25, 0.3) is 15.2 Å². The van der Waals surface area contributed by atoms with Crippen LogP contribution in [0.1, 0.15) is 55.4 Å². The number of nitrogens with one attached hydrogen (secondary N) is 1. The number of carbonyl (C=O) groups excluding carboxylic acids is 1. The molecule has 0 radical (unpaired) electrons. The molecule has 1 aliphatic rings. The van der Waals surface area contributed by atoms with Crippen LogP contribution in [0.3, 0.4) is 0 Å². The van der Waals surface area contributed by atoms with E-state index in [1.807, 2.05) is 4.72 Å². The van der Waals surface area contributed by atoms with E-state index in [9.17, 15) is 22.0 Å². The molecule has 0 amide bonds. The number of azo groups is 1. The lowest BCUT2D eigenvalue weighted by Crippen LogP contribution is -2.44. The summed E-state index contributed by atoms with van der Waals surface area (Å²) in [4.78, 5) is 14.2. The summed E-state index contributed by atoms with van der Waals surface area (Å²) in [5, 5.41) is 15.5. The summed E-state index contributed by atoms with van der Waals surface area (Å²) < 4.78 is 62.2. The summed E-state index contributed by atoms with van der Waals surface area (Å²) >= 11 is 0.817. The smallest absolute Gasteiger partial charge is 0.369 e. The van der Waals surface area contributed by atoms with E-state index in [2.05, 4.69) is 46.1 Å². The van der Waals surface area contributed by atoms with Crippen molar-refractivity contribution in [1.82, 2.24) is 10.2 Å². The summed E-state index contributed by atoms with van der Waals surface area (Å²) in [5.74, 6) is -4.33. The molecule has 0 saturated heterocycles. The highest BCUT2D eigenvalue weighted by atomic mass is 32.2. The minimum atomic E-state index is -4.96. The normalized spacial score (nSPS) is 16.7. The molecule has 0 saturated carbocycles. The molecule has 3 rings (SSSR count). The highest BCUT2D eigenvalue weighted by Crippen LogP contribution is 2.41. The molecule has 11 nitrogen and oxygen atoms in total. The van der Waals surface area contributed by atoms with Gasteiger partial charge in [0.05, 0.1) is 12.3 Å². The molecular formula is C22H30F2N6O5S2. The number of aryl methyl sites for hydroxylation is 1. The number of ether oxygens (including phenoxy) is 2. The molecule has 1 aliphatic heterocycles. The summed E-state index contributed by atoms with van der Waals surface area (Å²) in [6.07, 6.45) is 3.33. The first-order chi connectivity index (χ1) is 17.6. The summed E-state index contributed by atoms with van der Waals surface area (Å²) in [5.41, 5.74) is 1.59. The molecule has 204 valence electrons. The lowest BCUT2D eigenvalue weighted by Gasteiger charge is -2.43.